The van der Waals surface area contributed by atoms with E-state index in [2.05, 4.69) is 4.98 Å². The van der Waals surface area contributed by atoms with E-state index in [-0.39, 0.29) is 17.6 Å². The first-order chi connectivity index (χ1) is 9.63. The predicted molar refractivity (Wildman–Crippen MR) is 89.8 cm³/mol. The van der Waals surface area contributed by atoms with Crippen LogP contribution in [0.25, 0.3) is 11.0 Å². The lowest BCUT2D eigenvalue weighted by atomic mass is 9.99. The lowest BCUT2D eigenvalue weighted by Crippen LogP contribution is -2.33. The minimum absolute atomic E-state index is 0.114. The molecule has 0 fully saturated rings. The molecular weight excluding hydrogens is 408 g/mol. The van der Waals surface area contributed by atoms with Crippen LogP contribution in [0.3, 0.4) is 0 Å². The van der Waals surface area contributed by atoms with Crippen molar-refractivity contribution in [1.29, 1.82) is 0 Å². The van der Waals surface area contributed by atoms with Crippen LogP contribution >= 0.6 is 34.2 Å². The molecule has 0 bridgehead atoms. The van der Waals surface area contributed by atoms with Gasteiger partial charge in [-0.1, -0.05) is 0 Å². The Morgan fingerprint density at radius 3 is 2.71 bits per heavy atom. The fraction of sp³-hybridized carbons (Fsp3) is 0.429. The number of carbonyl (C=O) groups excluding carboxylic acids is 1. The fourth-order valence-electron chi connectivity index (χ4n) is 2.50. The quantitative estimate of drug-likeness (QED) is 0.602. The molecule has 4 nitrogen and oxygen atoms in total. The summed E-state index contributed by atoms with van der Waals surface area (Å²) >= 11 is 8.13. The summed E-state index contributed by atoms with van der Waals surface area (Å²) in [5, 5.41) is -0.370. The average Bonchev–Trinajstić information content (AvgIpc) is 2.67. The van der Waals surface area contributed by atoms with Crippen LogP contribution in [0.15, 0.2) is 12.1 Å². The first kappa shape index (κ1) is 16.5. The average molecular weight is 424 g/mol. The lowest BCUT2D eigenvalue weighted by molar-refractivity contribution is -0.119. The molecule has 0 spiro atoms. The van der Waals surface area contributed by atoms with Crippen LogP contribution in [-0.4, -0.2) is 15.5 Å². The number of primary amides is 1. The van der Waals surface area contributed by atoms with Crippen molar-refractivity contribution in [3.8, 4) is 0 Å². The van der Waals surface area contributed by atoms with E-state index >= 15 is 0 Å². The van der Waals surface area contributed by atoms with Crippen LogP contribution in [0.5, 0.6) is 0 Å². The Morgan fingerprint density at radius 2 is 2.19 bits per heavy atom. The Hall–Kier alpha value is -0.890. The highest BCUT2D eigenvalue weighted by atomic mass is 127. The van der Waals surface area contributed by atoms with Gasteiger partial charge in [0.15, 0.2) is 0 Å². The largest absolute Gasteiger partial charge is 0.370 e. The van der Waals surface area contributed by atoms with Gasteiger partial charge >= 0.3 is 0 Å². The number of halogens is 3. The zero-order valence-corrected chi connectivity index (χ0v) is 14.9. The first-order valence-corrected chi connectivity index (χ1v) is 7.95. The third kappa shape index (κ3) is 3.15. The van der Waals surface area contributed by atoms with E-state index in [1.165, 1.54) is 6.07 Å². The summed E-state index contributed by atoms with van der Waals surface area (Å²) in [6, 6.07) is 3.10. The third-order valence-corrected chi connectivity index (χ3v) is 4.31. The molecule has 2 N–H and O–H groups in total. The number of nitrogens with zero attached hydrogens (tertiary/aromatic N) is 2. The summed E-state index contributed by atoms with van der Waals surface area (Å²) in [5.74, 6) is -0.159. The number of alkyl halides is 1. The number of amides is 1. The summed E-state index contributed by atoms with van der Waals surface area (Å²) in [6.07, 6.45) is 0.114. The molecule has 21 heavy (non-hydrogen) atoms. The number of hydrogen-bond donors (Lipinski definition) is 1. The van der Waals surface area contributed by atoms with Crippen LogP contribution in [0.4, 0.5) is 4.39 Å². The highest BCUT2D eigenvalue weighted by molar-refractivity contribution is 14.1. The van der Waals surface area contributed by atoms with Crippen LogP contribution in [0, 0.1) is 9.39 Å². The molecular formula is C14H16ClFIN3O. The van der Waals surface area contributed by atoms with E-state index < -0.39 is 11.4 Å². The Kier molecular flexibility index (Phi) is 4.49. The van der Waals surface area contributed by atoms with Crippen molar-refractivity contribution in [3.63, 3.8) is 0 Å². The molecule has 0 aliphatic carbocycles. The Balaban J connectivity index is 2.77. The maximum absolute atomic E-state index is 13.9. The molecule has 0 saturated carbocycles. The summed E-state index contributed by atoms with van der Waals surface area (Å²) in [5.41, 5.74) is 5.95. The minimum Gasteiger partial charge on any atom is -0.370 e. The lowest BCUT2D eigenvalue weighted by Gasteiger charge is -2.29. The van der Waals surface area contributed by atoms with E-state index in [0.29, 0.717) is 20.4 Å². The molecule has 2 aromatic rings. The van der Waals surface area contributed by atoms with E-state index in [4.69, 9.17) is 17.3 Å². The monoisotopic (exact) mass is 423 g/mol. The number of fused-ring (bicyclic) bond motifs is 1. The Bertz CT molecular complexity index is 712. The summed E-state index contributed by atoms with van der Waals surface area (Å²) in [4.78, 5) is 15.8. The topological polar surface area (TPSA) is 60.9 Å². The molecule has 114 valence electrons. The van der Waals surface area contributed by atoms with Gasteiger partial charge in [0.1, 0.15) is 11.6 Å². The highest BCUT2D eigenvalue weighted by Crippen LogP contribution is 2.33. The van der Waals surface area contributed by atoms with Crippen molar-refractivity contribution in [2.75, 3.05) is 0 Å². The highest BCUT2D eigenvalue weighted by Gasteiger charge is 2.30. The SMILES string of the molecule is CC(Cl)c1nc2cc(I)c(F)cc2n1C(C)(C)CC(N)=O. The maximum atomic E-state index is 13.9. The number of benzene rings is 1. The van der Waals surface area contributed by atoms with Crippen LogP contribution in [0.2, 0.25) is 0 Å². The molecule has 2 rings (SSSR count). The normalized spacial score (nSPS) is 13.6. The second-order valence-corrected chi connectivity index (χ2v) is 7.45. The van der Waals surface area contributed by atoms with Crippen molar-refractivity contribution < 1.29 is 9.18 Å². The fourth-order valence-corrected chi connectivity index (χ4v) is 3.10. The van der Waals surface area contributed by atoms with Gasteiger partial charge in [0.25, 0.3) is 0 Å². The van der Waals surface area contributed by atoms with Gasteiger partial charge in [-0.3, -0.25) is 4.79 Å². The number of aromatic nitrogens is 2. The zero-order valence-electron chi connectivity index (χ0n) is 12.0. The minimum atomic E-state index is -0.641. The Morgan fingerprint density at radius 1 is 1.57 bits per heavy atom. The number of hydrogen-bond acceptors (Lipinski definition) is 2. The molecule has 1 atom stereocenters. The zero-order chi connectivity index (χ0) is 15.9. The molecule has 7 heteroatoms. The summed E-state index contributed by atoms with van der Waals surface area (Å²) in [7, 11) is 0. The maximum Gasteiger partial charge on any atom is 0.219 e. The molecule has 1 aromatic heterocycles. The van der Waals surface area contributed by atoms with Gasteiger partial charge < -0.3 is 10.3 Å². The van der Waals surface area contributed by atoms with E-state index in [0.717, 1.165) is 0 Å². The van der Waals surface area contributed by atoms with E-state index in [9.17, 15) is 9.18 Å². The van der Waals surface area contributed by atoms with Gasteiger partial charge in [-0.05, 0) is 49.4 Å². The van der Waals surface area contributed by atoms with Gasteiger partial charge in [-0.15, -0.1) is 11.6 Å². The molecule has 0 aliphatic rings. The van der Waals surface area contributed by atoms with Gasteiger partial charge in [-0.25, -0.2) is 9.37 Å². The number of imidazole rings is 1. The molecule has 0 aliphatic heterocycles. The van der Waals surface area contributed by atoms with Crippen molar-refractivity contribution in [1.82, 2.24) is 9.55 Å². The van der Waals surface area contributed by atoms with Crippen LogP contribution in [0.1, 0.15) is 38.4 Å². The Labute approximate surface area is 141 Å². The van der Waals surface area contributed by atoms with E-state index in [1.807, 2.05) is 41.0 Å². The summed E-state index contributed by atoms with van der Waals surface area (Å²) in [6.45, 7) is 5.51. The van der Waals surface area contributed by atoms with Crippen LogP contribution < -0.4 is 5.73 Å². The second-order valence-electron chi connectivity index (χ2n) is 5.63. The van der Waals surface area contributed by atoms with Gasteiger partial charge in [0.2, 0.25) is 5.91 Å². The van der Waals surface area contributed by atoms with Crippen molar-refractivity contribution in [2.24, 2.45) is 5.73 Å². The molecule has 1 aromatic carbocycles. The van der Waals surface area contributed by atoms with Crippen molar-refractivity contribution >= 4 is 51.1 Å². The number of carbonyl (C=O) groups is 1. The van der Waals surface area contributed by atoms with Gasteiger partial charge in [-0.2, -0.15) is 0 Å². The smallest absolute Gasteiger partial charge is 0.219 e. The number of rotatable bonds is 4. The van der Waals surface area contributed by atoms with Gasteiger partial charge in [0.05, 0.1) is 20.0 Å². The second kappa shape index (κ2) is 5.72. The summed E-state index contributed by atoms with van der Waals surface area (Å²) < 4.78 is 16.2. The molecule has 0 saturated heterocycles. The molecule has 1 amide bonds. The molecule has 0 radical (unpaired) electrons. The predicted octanol–water partition coefficient (Wildman–Crippen LogP) is 3.69. The third-order valence-electron chi connectivity index (χ3n) is 3.29. The molecule has 1 unspecified atom stereocenters. The van der Waals surface area contributed by atoms with Crippen LogP contribution in [-0.2, 0) is 10.3 Å². The van der Waals surface area contributed by atoms with Gasteiger partial charge in [0, 0.05) is 18.0 Å². The van der Waals surface area contributed by atoms with Crippen molar-refractivity contribution in [3.05, 3.63) is 27.3 Å². The van der Waals surface area contributed by atoms with Crippen molar-refractivity contribution in [2.45, 2.75) is 38.1 Å². The standard InChI is InChI=1S/C14H16ClFIN3O/c1-7(15)13-19-10-5-9(17)8(16)4-11(10)20(13)14(2,3)6-12(18)21/h4-5,7H,6H2,1-3H3,(H2,18,21). The number of nitrogens with two attached hydrogens (primary N) is 1. The van der Waals surface area contributed by atoms with E-state index in [1.54, 1.807) is 13.0 Å². The molecule has 1 heterocycles. The first-order valence-electron chi connectivity index (χ1n) is 6.43.